The highest BCUT2D eigenvalue weighted by Crippen LogP contribution is 2.21. The predicted molar refractivity (Wildman–Crippen MR) is 129 cm³/mol. The second-order valence-electron chi connectivity index (χ2n) is 8.44. The van der Waals surface area contributed by atoms with Crippen molar-refractivity contribution >= 4 is 27.4 Å². The number of nitrogens with zero attached hydrogens (tertiary/aromatic N) is 3. The molecule has 188 valence electrons. The highest BCUT2D eigenvalue weighted by atomic mass is 32.2. The molecule has 12 heteroatoms. The van der Waals surface area contributed by atoms with Crippen molar-refractivity contribution in [1.82, 2.24) is 13.9 Å². The van der Waals surface area contributed by atoms with Gasteiger partial charge < -0.3 is 10.6 Å². The van der Waals surface area contributed by atoms with Crippen LogP contribution in [0.1, 0.15) is 40.0 Å². The Morgan fingerprint density at radius 1 is 1.21 bits per heavy atom. The first-order valence-corrected chi connectivity index (χ1v) is 12.5. The van der Waals surface area contributed by atoms with Gasteiger partial charge in [0, 0.05) is 20.1 Å². The lowest BCUT2D eigenvalue weighted by Gasteiger charge is -2.27. The number of aromatic amines is 1. The quantitative estimate of drug-likeness (QED) is 0.485. The Morgan fingerprint density at radius 2 is 1.82 bits per heavy atom. The molecule has 0 atom stereocenters. The normalized spacial score (nSPS) is 11.9. The summed E-state index contributed by atoms with van der Waals surface area (Å²) in [7, 11) is -2.88. The molecule has 0 saturated heterocycles. The van der Waals surface area contributed by atoms with Crippen molar-refractivity contribution in [3.63, 3.8) is 0 Å². The fraction of sp³-hybridized carbons (Fsp3) is 0.500. The van der Waals surface area contributed by atoms with Crippen LogP contribution in [0.3, 0.4) is 0 Å². The average molecular weight is 498 g/mol. The number of benzene rings is 1. The smallest absolute Gasteiger partial charge is 0.330 e. The summed E-state index contributed by atoms with van der Waals surface area (Å²) in [5, 5.41) is 0. The molecular weight excluding hydrogens is 465 g/mol. The summed E-state index contributed by atoms with van der Waals surface area (Å²) in [6, 6.07) is 4.23. The van der Waals surface area contributed by atoms with E-state index in [1.165, 1.54) is 11.6 Å². The van der Waals surface area contributed by atoms with E-state index in [9.17, 15) is 27.2 Å². The van der Waals surface area contributed by atoms with E-state index in [1.54, 1.807) is 0 Å². The number of sulfonamides is 1. The van der Waals surface area contributed by atoms with Crippen LogP contribution >= 0.6 is 0 Å². The Bertz CT molecular complexity index is 1220. The minimum absolute atomic E-state index is 0.0974. The van der Waals surface area contributed by atoms with Crippen LogP contribution in [-0.2, 0) is 21.4 Å². The van der Waals surface area contributed by atoms with Crippen molar-refractivity contribution in [2.75, 3.05) is 30.8 Å². The van der Waals surface area contributed by atoms with Crippen molar-refractivity contribution in [1.29, 1.82) is 0 Å². The van der Waals surface area contributed by atoms with E-state index in [4.69, 9.17) is 5.73 Å². The molecule has 0 saturated carbocycles. The summed E-state index contributed by atoms with van der Waals surface area (Å²) in [5.74, 6) is -1.26. The van der Waals surface area contributed by atoms with Gasteiger partial charge in [0.15, 0.2) is 5.69 Å². The molecule has 2 rings (SSSR count). The second kappa shape index (κ2) is 11.4. The zero-order valence-corrected chi connectivity index (χ0v) is 20.7. The van der Waals surface area contributed by atoms with E-state index in [1.807, 2.05) is 20.8 Å². The number of hydrogen-bond acceptors (Lipinski definition) is 6. The van der Waals surface area contributed by atoms with E-state index in [0.29, 0.717) is 12.8 Å². The van der Waals surface area contributed by atoms with Gasteiger partial charge in [0.05, 0.1) is 11.4 Å². The molecule has 0 spiro atoms. The zero-order chi connectivity index (χ0) is 25.6. The maximum atomic E-state index is 13.3. The van der Waals surface area contributed by atoms with Crippen LogP contribution in [0.2, 0.25) is 0 Å². The standard InChI is InChI=1S/C22H32FN5O5S/c1-5-6-12-28-20(24)19(21(30)25-22(28)31)27(13-11-15(2)3)18(29)14-26(4)34(32,33)17-9-7-16(23)8-10-17/h7-10,15H,5-6,11-14,24H2,1-4H3,(H,25,30,31). The van der Waals surface area contributed by atoms with Crippen molar-refractivity contribution in [3.8, 4) is 0 Å². The molecule has 1 amide bonds. The van der Waals surface area contributed by atoms with Gasteiger partial charge in [0.1, 0.15) is 11.6 Å². The summed E-state index contributed by atoms with van der Waals surface area (Å²) in [6.45, 7) is 5.57. The van der Waals surface area contributed by atoms with Crippen molar-refractivity contribution < 1.29 is 17.6 Å². The summed E-state index contributed by atoms with van der Waals surface area (Å²) in [4.78, 5) is 41.4. The zero-order valence-electron chi connectivity index (χ0n) is 19.9. The maximum Gasteiger partial charge on any atom is 0.330 e. The molecule has 0 aliphatic heterocycles. The topological polar surface area (TPSA) is 139 Å². The van der Waals surface area contributed by atoms with Gasteiger partial charge >= 0.3 is 5.69 Å². The average Bonchev–Trinajstić information content (AvgIpc) is 2.75. The number of anilines is 2. The van der Waals surface area contributed by atoms with Gasteiger partial charge in [-0.05, 0) is 43.0 Å². The lowest BCUT2D eigenvalue weighted by molar-refractivity contribution is -0.118. The highest BCUT2D eigenvalue weighted by Gasteiger charge is 2.29. The van der Waals surface area contributed by atoms with E-state index in [2.05, 4.69) is 4.98 Å². The summed E-state index contributed by atoms with van der Waals surface area (Å²) in [5.41, 5.74) is 4.49. The molecule has 3 N–H and O–H groups in total. The molecule has 2 aromatic rings. The first kappa shape index (κ1) is 27.3. The van der Waals surface area contributed by atoms with E-state index < -0.39 is 39.5 Å². The second-order valence-corrected chi connectivity index (χ2v) is 10.5. The molecule has 1 aromatic carbocycles. The molecule has 0 aliphatic carbocycles. The number of carbonyl (C=O) groups excluding carboxylic acids is 1. The number of likely N-dealkylation sites (N-methyl/N-ethyl adjacent to an activating group) is 1. The molecule has 34 heavy (non-hydrogen) atoms. The molecule has 1 heterocycles. The molecule has 0 radical (unpaired) electrons. The maximum absolute atomic E-state index is 13.3. The number of H-pyrrole nitrogens is 1. The molecular formula is C22H32FN5O5S. The van der Waals surface area contributed by atoms with Gasteiger partial charge in [-0.2, -0.15) is 4.31 Å². The SMILES string of the molecule is CCCCn1c(N)c(N(CCC(C)C)C(=O)CN(C)S(=O)(=O)c2ccc(F)cc2)c(=O)[nH]c1=O. The number of hydrogen-bond donors (Lipinski definition) is 2. The molecule has 0 unspecified atom stereocenters. The third-order valence-electron chi connectivity index (χ3n) is 5.33. The molecule has 0 fully saturated rings. The number of unbranched alkanes of at least 4 members (excludes halogenated alkanes) is 1. The van der Waals surface area contributed by atoms with E-state index in [-0.39, 0.29) is 35.4 Å². The number of amides is 1. The van der Waals surface area contributed by atoms with Gasteiger partial charge in [-0.1, -0.05) is 27.2 Å². The Balaban J connectivity index is 2.45. The summed E-state index contributed by atoms with van der Waals surface area (Å²) in [6.07, 6.45) is 1.92. The van der Waals surface area contributed by atoms with Gasteiger partial charge in [-0.3, -0.25) is 19.1 Å². The minimum Gasteiger partial charge on any atom is -0.383 e. The molecule has 0 bridgehead atoms. The Hall–Kier alpha value is -2.99. The molecule has 10 nitrogen and oxygen atoms in total. The fourth-order valence-electron chi connectivity index (χ4n) is 3.27. The number of nitrogens with one attached hydrogen (secondary N) is 1. The number of nitrogen functional groups attached to an aromatic ring is 1. The lowest BCUT2D eigenvalue weighted by Crippen LogP contribution is -2.46. The van der Waals surface area contributed by atoms with E-state index in [0.717, 1.165) is 39.9 Å². The Morgan fingerprint density at radius 3 is 2.38 bits per heavy atom. The Kier molecular flexibility index (Phi) is 9.16. The van der Waals surface area contributed by atoms with Gasteiger partial charge in [0.2, 0.25) is 15.9 Å². The number of nitrogens with two attached hydrogens (primary N) is 1. The fourth-order valence-corrected chi connectivity index (χ4v) is 4.39. The predicted octanol–water partition coefficient (Wildman–Crippen LogP) is 1.76. The third kappa shape index (κ3) is 6.32. The lowest BCUT2D eigenvalue weighted by atomic mass is 10.1. The summed E-state index contributed by atoms with van der Waals surface area (Å²) < 4.78 is 40.9. The number of aromatic nitrogens is 2. The molecule has 1 aromatic heterocycles. The van der Waals surface area contributed by atoms with Crippen molar-refractivity contribution in [3.05, 3.63) is 50.9 Å². The van der Waals surface area contributed by atoms with Crippen LogP contribution in [0.25, 0.3) is 0 Å². The van der Waals surface area contributed by atoms with Crippen LogP contribution in [0.15, 0.2) is 38.8 Å². The van der Waals surface area contributed by atoms with Crippen LogP contribution in [0, 0.1) is 11.7 Å². The van der Waals surface area contributed by atoms with Gasteiger partial charge in [-0.15, -0.1) is 0 Å². The number of carbonyl (C=O) groups is 1. The largest absolute Gasteiger partial charge is 0.383 e. The van der Waals surface area contributed by atoms with Crippen molar-refractivity contribution in [2.45, 2.75) is 51.5 Å². The van der Waals surface area contributed by atoms with E-state index >= 15 is 0 Å². The molecule has 0 aliphatic rings. The monoisotopic (exact) mass is 497 g/mol. The first-order chi connectivity index (χ1) is 15.9. The summed E-state index contributed by atoms with van der Waals surface area (Å²) >= 11 is 0. The Labute approximate surface area is 198 Å². The third-order valence-corrected chi connectivity index (χ3v) is 7.15. The van der Waals surface area contributed by atoms with Crippen LogP contribution in [0.4, 0.5) is 15.9 Å². The first-order valence-electron chi connectivity index (χ1n) is 11.0. The van der Waals surface area contributed by atoms with Gasteiger partial charge in [-0.25, -0.2) is 17.6 Å². The minimum atomic E-state index is -4.10. The highest BCUT2D eigenvalue weighted by molar-refractivity contribution is 7.89. The van der Waals surface area contributed by atoms with Gasteiger partial charge in [0.25, 0.3) is 5.56 Å². The van der Waals surface area contributed by atoms with Crippen LogP contribution in [0.5, 0.6) is 0 Å². The number of halogens is 1. The number of rotatable bonds is 11. The van der Waals surface area contributed by atoms with Crippen molar-refractivity contribution in [2.24, 2.45) is 5.92 Å². The van der Waals surface area contributed by atoms with Crippen LogP contribution < -0.4 is 21.9 Å². The van der Waals surface area contributed by atoms with Crippen LogP contribution in [-0.4, -0.2) is 48.3 Å².